The fraction of sp³-hybridized carbons (Fsp3) is 0.148. The smallest absolute Gasteiger partial charge is 0.338 e. The zero-order chi connectivity index (χ0) is 25.0. The Kier molecular flexibility index (Phi) is 6.93. The molecule has 8 heteroatoms. The van der Waals surface area contributed by atoms with Crippen LogP contribution < -0.4 is 5.32 Å². The summed E-state index contributed by atoms with van der Waals surface area (Å²) in [4.78, 5) is 25.1. The summed E-state index contributed by atoms with van der Waals surface area (Å²) in [5, 5.41) is 3.02. The van der Waals surface area contributed by atoms with Gasteiger partial charge in [0.1, 0.15) is 0 Å². The van der Waals surface area contributed by atoms with E-state index in [2.05, 4.69) is 9.71 Å². The number of benzene rings is 3. The molecule has 0 unspecified atom stereocenters. The normalized spacial score (nSPS) is 14.3. The standard InChI is InChI=1S/C27H24N2O5S/c1-3-18-9-15-21(16-10-18)35(32,33)29-24-17-25(26(30)23-8-6-5-7-22(23)24)28-20-13-11-19(12-14-20)27(31)34-4-2/h5-17,28H,3-4H2,1-2H3. The Morgan fingerprint density at radius 2 is 1.57 bits per heavy atom. The van der Waals surface area contributed by atoms with E-state index in [1.165, 1.54) is 18.2 Å². The van der Waals surface area contributed by atoms with Crippen LogP contribution in [-0.4, -0.2) is 32.5 Å². The Morgan fingerprint density at radius 1 is 0.914 bits per heavy atom. The molecule has 1 aliphatic rings. The second-order valence-electron chi connectivity index (χ2n) is 7.80. The van der Waals surface area contributed by atoms with Crippen LogP contribution in [-0.2, 0) is 21.2 Å². The van der Waals surface area contributed by atoms with E-state index < -0.39 is 16.0 Å². The molecular formula is C27H24N2O5S. The number of carbonyl (C=O) groups excluding carboxylic acids is 2. The number of carbonyl (C=O) groups is 2. The number of nitrogens with one attached hydrogen (secondary N) is 1. The fourth-order valence-corrected chi connectivity index (χ4v) is 4.63. The predicted octanol–water partition coefficient (Wildman–Crippen LogP) is 4.80. The molecule has 3 aromatic rings. The lowest BCUT2D eigenvalue weighted by atomic mass is 9.92. The molecule has 0 aliphatic heterocycles. The van der Waals surface area contributed by atoms with Gasteiger partial charge < -0.3 is 10.1 Å². The average molecular weight is 489 g/mol. The van der Waals surface area contributed by atoms with Gasteiger partial charge in [0.05, 0.1) is 28.5 Å². The number of hydrogen-bond acceptors (Lipinski definition) is 6. The third-order valence-electron chi connectivity index (χ3n) is 5.50. The minimum absolute atomic E-state index is 0.0778. The Labute approximate surface area is 204 Å². The van der Waals surface area contributed by atoms with E-state index in [0.717, 1.165) is 12.0 Å². The van der Waals surface area contributed by atoms with Gasteiger partial charge in [-0.25, -0.2) is 4.79 Å². The van der Waals surface area contributed by atoms with Crippen LogP contribution >= 0.6 is 0 Å². The molecular weight excluding hydrogens is 464 g/mol. The lowest BCUT2D eigenvalue weighted by Crippen LogP contribution is -2.22. The first kappa shape index (κ1) is 24.1. The Hall–Kier alpha value is -4.04. The lowest BCUT2D eigenvalue weighted by molar-refractivity contribution is 0.0526. The molecule has 0 atom stereocenters. The van der Waals surface area contributed by atoms with Gasteiger partial charge in [-0.1, -0.05) is 43.3 Å². The van der Waals surface area contributed by atoms with Crippen LogP contribution in [0.3, 0.4) is 0 Å². The summed E-state index contributed by atoms with van der Waals surface area (Å²) in [5.74, 6) is -0.730. The quantitative estimate of drug-likeness (QED) is 0.480. The number of ketones is 1. The van der Waals surface area contributed by atoms with Gasteiger partial charge >= 0.3 is 5.97 Å². The van der Waals surface area contributed by atoms with Crippen LogP contribution in [0, 0.1) is 0 Å². The molecule has 1 N–H and O–H groups in total. The molecule has 7 nitrogen and oxygen atoms in total. The van der Waals surface area contributed by atoms with Crippen molar-refractivity contribution in [2.24, 2.45) is 4.40 Å². The van der Waals surface area contributed by atoms with Crippen molar-refractivity contribution in [3.8, 4) is 0 Å². The number of rotatable bonds is 7. The highest BCUT2D eigenvalue weighted by atomic mass is 32.2. The Morgan fingerprint density at radius 3 is 2.20 bits per heavy atom. The molecule has 35 heavy (non-hydrogen) atoms. The number of allylic oxidation sites excluding steroid dienone is 2. The summed E-state index contributed by atoms with van der Waals surface area (Å²) in [6.07, 6.45) is 2.23. The SMILES string of the molecule is CCOC(=O)c1ccc(NC2=CC(=NS(=O)(=O)c3ccc(CC)cc3)c3ccccc3C2=O)cc1. The van der Waals surface area contributed by atoms with Gasteiger partial charge in [-0.15, -0.1) is 0 Å². The largest absolute Gasteiger partial charge is 0.462 e. The number of hydrogen-bond donors (Lipinski definition) is 1. The molecule has 3 aromatic carbocycles. The van der Waals surface area contributed by atoms with E-state index in [1.54, 1.807) is 67.6 Å². The maximum atomic E-state index is 13.1. The molecule has 0 spiro atoms. The average Bonchev–Trinajstić information content (AvgIpc) is 2.87. The number of nitrogens with zero attached hydrogens (tertiary/aromatic N) is 1. The van der Waals surface area contributed by atoms with Crippen molar-refractivity contribution in [3.05, 3.63) is 107 Å². The summed E-state index contributed by atoms with van der Waals surface area (Å²) in [6.45, 7) is 3.99. The summed E-state index contributed by atoms with van der Waals surface area (Å²) in [7, 11) is -4.01. The monoisotopic (exact) mass is 488 g/mol. The molecule has 0 heterocycles. The minimum atomic E-state index is -4.01. The van der Waals surface area contributed by atoms with Crippen LogP contribution in [0.1, 0.15) is 45.7 Å². The first-order valence-electron chi connectivity index (χ1n) is 11.2. The van der Waals surface area contributed by atoms with Crippen molar-refractivity contribution >= 4 is 33.2 Å². The van der Waals surface area contributed by atoms with Crippen molar-refractivity contribution in [2.45, 2.75) is 25.2 Å². The van der Waals surface area contributed by atoms with Crippen LogP contribution in [0.4, 0.5) is 5.69 Å². The molecule has 0 fully saturated rings. The number of fused-ring (bicyclic) bond motifs is 1. The van der Waals surface area contributed by atoms with Gasteiger partial charge in [0, 0.05) is 16.8 Å². The molecule has 0 amide bonds. The predicted molar refractivity (Wildman–Crippen MR) is 134 cm³/mol. The first-order chi connectivity index (χ1) is 16.8. The second-order valence-corrected chi connectivity index (χ2v) is 9.41. The minimum Gasteiger partial charge on any atom is -0.462 e. The molecule has 0 aromatic heterocycles. The first-order valence-corrected chi connectivity index (χ1v) is 12.6. The Balaban J connectivity index is 1.70. The van der Waals surface area contributed by atoms with Crippen molar-refractivity contribution in [1.29, 1.82) is 0 Å². The number of ether oxygens (including phenoxy) is 1. The van der Waals surface area contributed by atoms with Gasteiger partial charge in [0.25, 0.3) is 10.0 Å². The molecule has 0 saturated heterocycles. The van der Waals surface area contributed by atoms with Crippen molar-refractivity contribution < 1.29 is 22.7 Å². The van der Waals surface area contributed by atoms with Gasteiger partial charge in [-0.3, -0.25) is 4.79 Å². The third-order valence-corrected chi connectivity index (χ3v) is 6.80. The van der Waals surface area contributed by atoms with E-state index in [-0.39, 0.29) is 28.7 Å². The number of aryl methyl sites for hydroxylation is 1. The topological polar surface area (TPSA) is 102 Å². The van der Waals surface area contributed by atoms with Gasteiger partial charge in [-0.05, 0) is 61.4 Å². The van der Waals surface area contributed by atoms with Crippen molar-refractivity contribution in [2.75, 3.05) is 11.9 Å². The van der Waals surface area contributed by atoms with Crippen molar-refractivity contribution in [1.82, 2.24) is 0 Å². The second kappa shape index (κ2) is 10.1. The zero-order valence-corrected chi connectivity index (χ0v) is 20.1. The van der Waals surface area contributed by atoms with E-state index >= 15 is 0 Å². The summed E-state index contributed by atoms with van der Waals surface area (Å²) in [5.41, 5.74) is 3.06. The molecule has 1 aliphatic carbocycles. The number of anilines is 1. The van der Waals surface area contributed by atoms with E-state index in [1.807, 2.05) is 6.92 Å². The Bertz CT molecular complexity index is 1440. The maximum absolute atomic E-state index is 13.1. The van der Waals surface area contributed by atoms with Gasteiger partial charge in [0.2, 0.25) is 5.78 Å². The number of Topliss-reactive ketones (excluding diaryl/α,β-unsaturated/α-hetero) is 1. The van der Waals surface area contributed by atoms with E-state index in [4.69, 9.17) is 4.74 Å². The summed E-state index contributed by atoms with van der Waals surface area (Å²) >= 11 is 0. The van der Waals surface area contributed by atoms with Crippen LogP contribution in [0.5, 0.6) is 0 Å². The fourth-order valence-electron chi connectivity index (χ4n) is 3.64. The highest BCUT2D eigenvalue weighted by Crippen LogP contribution is 2.25. The van der Waals surface area contributed by atoms with Crippen molar-refractivity contribution in [3.63, 3.8) is 0 Å². The summed E-state index contributed by atoms with van der Waals surface area (Å²) < 4.78 is 35.2. The maximum Gasteiger partial charge on any atom is 0.338 e. The van der Waals surface area contributed by atoms with E-state index in [0.29, 0.717) is 22.4 Å². The highest BCUT2D eigenvalue weighted by molar-refractivity contribution is 7.90. The molecule has 0 bridgehead atoms. The lowest BCUT2D eigenvalue weighted by Gasteiger charge is -2.19. The van der Waals surface area contributed by atoms with E-state index in [9.17, 15) is 18.0 Å². The van der Waals surface area contributed by atoms with Crippen LogP contribution in [0.25, 0.3) is 0 Å². The highest BCUT2D eigenvalue weighted by Gasteiger charge is 2.26. The van der Waals surface area contributed by atoms with Crippen LogP contribution in [0.15, 0.2) is 93.9 Å². The number of sulfonamides is 1. The van der Waals surface area contributed by atoms with Gasteiger partial charge in [0.15, 0.2) is 0 Å². The molecule has 0 saturated carbocycles. The third kappa shape index (κ3) is 5.22. The molecule has 0 radical (unpaired) electrons. The van der Waals surface area contributed by atoms with Gasteiger partial charge in [-0.2, -0.15) is 12.8 Å². The summed E-state index contributed by atoms with van der Waals surface area (Å²) in [6, 6.07) is 19.8. The zero-order valence-electron chi connectivity index (χ0n) is 19.3. The molecule has 4 rings (SSSR count). The number of esters is 1. The van der Waals surface area contributed by atoms with Crippen LogP contribution in [0.2, 0.25) is 0 Å². The molecule has 178 valence electrons.